The van der Waals surface area contributed by atoms with E-state index in [4.69, 9.17) is 0 Å². The highest BCUT2D eigenvalue weighted by atomic mass is 32.1. The maximum Gasteiger partial charge on any atom is 0.389 e. The fourth-order valence-electron chi connectivity index (χ4n) is 1.61. The number of rotatable bonds is 6. The summed E-state index contributed by atoms with van der Waals surface area (Å²) in [7, 11) is 0. The molecule has 2 rings (SSSR count). The van der Waals surface area contributed by atoms with Gasteiger partial charge in [-0.3, -0.25) is 4.79 Å². The molecule has 0 unspecified atom stereocenters. The van der Waals surface area contributed by atoms with Gasteiger partial charge in [0.25, 0.3) is 0 Å². The van der Waals surface area contributed by atoms with Crippen LogP contribution in [-0.2, 0) is 11.2 Å². The van der Waals surface area contributed by atoms with E-state index in [0.717, 1.165) is 5.69 Å². The predicted molar refractivity (Wildman–Crippen MR) is 75.1 cm³/mol. The van der Waals surface area contributed by atoms with E-state index in [1.54, 1.807) is 18.5 Å². The second-order valence-electron chi connectivity index (χ2n) is 4.43. The fraction of sp³-hybridized carbons (Fsp3) is 0.385. The van der Waals surface area contributed by atoms with Crippen molar-refractivity contribution in [2.24, 2.45) is 0 Å². The first kappa shape index (κ1) is 16.3. The maximum absolute atomic E-state index is 12.0. The van der Waals surface area contributed by atoms with E-state index < -0.39 is 24.9 Å². The van der Waals surface area contributed by atoms with Crippen molar-refractivity contribution in [2.75, 3.05) is 6.54 Å². The fourth-order valence-corrected chi connectivity index (χ4v) is 2.41. The highest BCUT2D eigenvalue weighted by Gasteiger charge is 2.27. The van der Waals surface area contributed by atoms with Gasteiger partial charge in [-0.2, -0.15) is 13.2 Å². The summed E-state index contributed by atoms with van der Waals surface area (Å²) in [5, 5.41) is 4.93. The van der Waals surface area contributed by atoms with E-state index in [9.17, 15) is 18.0 Å². The Morgan fingerprint density at radius 2 is 2.00 bits per heavy atom. The minimum atomic E-state index is -4.31. The number of amides is 1. The Labute approximate surface area is 128 Å². The predicted octanol–water partition coefficient (Wildman–Crippen LogP) is 2.60. The SMILES string of the molecule is O=C(CCC(F)(F)F)NCCc1csc(-c2ncccn2)n1. The van der Waals surface area contributed by atoms with Crippen LogP contribution in [0.1, 0.15) is 18.5 Å². The normalized spacial score (nSPS) is 11.4. The largest absolute Gasteiger partial charge is 0.389 e. The van der Waals surface area contributed by atoms with Crippen LogP contribution in [-0.4, -0.2) is 33.6 Å². The molecule has 1 amide bonds. The van der Waals surface area contributed by atoms with Crippen molar-refractivity contribution >= 4 is 17.2 Å². The summed E-state index contributed by atoms with van der Waals surface area (Å²) >= 11 is 1.38. The third kappa shape index (κ3) is 5.40. The molecule has 0 atom stereocenters. The number of carbonyl (C=O) groups excluding carboxylic acids is 1. The molecule has 0 fully saturated rings. The van der Waals surface area contributed by atoms with Gasteiger partial charge in [-0.15, -0.1) is 11.3 Å². The Bertz CT molecular complexity index is 615. The van der Waals surface area contributed by atoms with E-state index in [1.807, 2.05) is 5.38 Å². The van der Waals surface area contributed by atoms with Crippen molar-refractivity contribution in [1.82, 2.24) is 20.3 Å². The van der Waals surface area contributed by atoms with Gasteiger partial charge in [0.1, 0.15) is 0 Å². The van der Waals surface area contributed by atoms with Crippen molar-refractivity contribution in [3.05, 3.63) is 29.5 Å². The van der Waals surface area contributed by atoms with Gasteiger partial charge in [0.2, 0.25) is 5.91 Å². The number of thiazole rings is 1. The highest BCUT2D eigenvalue weighted by molar-refractivity contribution is 7.13. The molecule has 0 aliphatic rings. The summed E-state index contributed by atoms with van der Waals surface area (Å²) in [4.78, 5) is 23.7. The van der Waals surface area contributed by atoms with E-state index in [0.29, 0.717) is 17.3 Å². The molecule has 0 aliphatic heterocycles. The van der Waals surface area contributed by atoms with Crippen molar-refractivity contribution in [3.8, 4) is 10.8 Å². The molecule has 0 saturated carbocycles. The Morgan fingerprint density at radius 3 is 2.68 bits per heavy atom. The first-order chi connectivity index (χ1) is 10.4. The van der Waals surface area contributed by atoms with E-state index in [2.05, 4.69) is 20.3 Å². The van der Waals surface area contributed by atoms with Crippen LogP contribution < -0.4 is 5.32 Å². The Kier molecular flexibility index (Phi) is 5.42. The molecule has 0 bridgehead atoms. The van der Waals surface area contributed by atoms with E-state index in [1.165, 1.54) is 11.3 Å². The second kappa shape index (κ2) is 7.30. The number of carbonyl (C=O) groups is 1. The topological polar surface area (TPSA) is 67.8 Å². The monoisotopic (exact) mass is 330 g/mol. The molecule has 0 aliphatic carbocycles. The van der Waals surface area contributed by atoms with Gasteiger partial charge in [0.15, 0.2) is 10.8 Å². The zero-order chi connectivity index (χ0) is 16.0. The maximum atomic E-state index is 12.0. The van der Waals surface area contributed by atoms with Crippen molar-refractivity contribution in [3.63, 3.8) is 0 Å². The molecule has 2 aromatic rings. The van der Waals surface area contributed by atoms with Crippen LogP contribution in [0.5, 0.6) is 0 Å². The number of aromatic nitrogens is 3. The first-order valence-electron chi connectivity index (χ1n) is 6.49. The average molecular weight is 330 g/mol. The molecule has 22 heavy (non-hydrogen) atoms. The molecule has 0 radical (unpaired) electrons. The lowest BCUT2D eigenvalue weighted by molar-refractivity contribution is -0.144. The molecular formula is C13H13F3N4OS. The zero-order valence-electron chi connectivity index (χ0n) is 11.4. The average Bonchev–Trinajstić information content (AvgIpc) is 2.94. The molecule has 5 nitrogen and oxygen atoms in total. The molecule has 9 heteroatoms. The Hall–Kier alpha value is -2.03. The van der Waals surface area contributed by atoms with Gasteiger partial charge in [-0.05, 0) is 6.07 Å². The summed E-state index contributed by atoms with van der Waals surface area (Å²) in [6.45, 7) is 0.246. The third-order valence-corrected chi connectivity index (χ3v) is 3.53. The molecule has 0 saturated heterocycles. The van der Waals surface area contributed by atoms with Gasteiger partial charge < -0.3 is 5.32 Å². The van der Waals surface area contributed by atoms with Crippen molar-refractivity contribution in [2.45, 2.75) is 25.4 Å². The van der Waals surface area contributed by atoms with Crippen LogP contribution in [0.4, 0.5) is 13.2 Å². The van der Waals surface area contributed by atoms with Gasteiger partial charge in [-0.25, -0.2) is 15.0 Å². The third-order valence-electron chi connectivity index (χ3n) is 2.65. The first-order valence-corrected chi connectivity index (χ1v) is 7.37. The van der Waals surface area contributed by atoms with Crippen LogP contribution in [0, 0.1) is 0 Å². The van der Waals surface area contributed by atoms with Crippen molar-refractivity contribution in [1.29, 1.82) is 0 Å². The summed E-state index contributed by atoms with van der Waals surface area (Å²) in [5.74, 6) is -0.0906. The summed E-state index contributed by atoms with van der Waals surface area (Å²) in [5.41, 5.74) is 0.739. The lowest BCUT2D eigenvalue weighted by Gasteiger charge is -2.06. The molecule has 1 N–H and O–H groups in total. The van der Waals surface area contributed by atoms with Crippen molar-refractivity contribution < 1.29 is 18.0 Å². The minimum Gasteiger partial charge on any atom is -0.356 e. The number of hydrogen-bond donors (Lipinski definition) is 1. The smallest absolute Gasteiger partial charge is 0.356 e. The number of halogens is 3. The lowest BCUT2D eigenvalue weighted by atomic mass is 10.3. The molecule has 0 aromatic carbocycles. The van der Waals surface area contributed by atoms with Crippen LogP contribution >= 0.6 is 11.3 Å². The number of nitrogens with one attached hydrogen (secondary N) is 1. The van der Waals surface area contributed by atoms with Crippen LogP contribution in [0.3, 0.4) is 0 Å². The van der Waals surface area contributed by atoms with Gasteiger partial charge >= 0.3 is 6.18 Å². The quantitative estimate of drug-likeness (QED) is 0.884. The summed E-state index contributed by atoms with van der Waals surface area (Å²) in [6, 6.07) is 1.70. The van der Waals surface area contributed by atoms with Crippen LogP contribution in [0.2, 0.25) is 0 Å². The summed E-state index contributed by atoms with van der Waals surface area (Å²) in [6.07, 6.45) is -2.29. The van der Waals surface area contributed by atoms with Crippen LogP contribution in [0.25, 0.3) is 10.8 Å². The molecule has 2 aromatic heterocycles. The molecule has 2 heterocycles. The summed E-state index contributed by atoms with van der Waals surface area (Å²) < 4.78 is 35.9. The van der Waals surface area contributed by atoms with Gasteiger partial charge in [0, 0.05) is 37.2 Å². The van der Waals surface area contributed by atoms with Gasteiger partial charge in [-0.1, -0.05) is 0 Å². The highest BCUT2D eigenvalue weighted by Crippen LogP contribution is 2.21. The second-order valence-corrected chi connectivity index (χ2v) is 5.29. The van der Waals surface area contributed by atoms with Crippen LogP contribution in [0.15, 0.2) is 23.8 Å². The Balaban J connectivity index is 1.76. The Morgan fingerprint density at radius 1 is 1.27 bits per heavy atom. The number of hydrogen-bond acceptors (Lipinski definition) is 5. The minimum absolute atomic E-state index is 0.246. The molecule has 0 spiro atoms. The van der Waals surface area contributed by atoms with Gasteiger partial charge in [0.05, 0.1) is 12.1 Å². The number of alkyl halides is 3. The molecule has 118 valence electrons. The van der Waals surface area contributed by atoms with E-state index >= 15 is 0 Å². The standard InChI is InChI=1S/C13H13F3N4OS/c14-13(15,16)4-2-10(21)17-7-3-9-8-22-12(20-9)11-18-5-1-6-19-11/h1,5-6,8H,2-4,7H2,(H,17,21). The van der Waals surface area contributed by atoms with E-state index in [-0.39, 0.29) is 6.54 Å². The number of nitrogens with zero attached hydrogens (tertiary/aromatic N) is 3. The molecular weight excluding hydrogens is 317 g/mol. The zero-order valence-corrected chi connectivity index (χ0v) is 12.2. The lowest BCUT2D eigenvalue weighted by Crippen LogP contribution is -2.27.